The van der Waals surface area contributed by atoms with Crippen molar-refractivity contribution in [3.05, 3.63) is 89.0 Å². The summed E-state index contributed by atoms with van der Waals surface area (Å²) in [5.74, 6) is 0.0176. The molecule has 4 N–H and O–H groups in total. The van der Waals surface area contributed by atoms with Gasteiger partial charge in [-0.15, -0.1) is 0 Å². The van der Waals surface area contributed by atoms with Gasteiger partial charge < -0.3 is 25.6 Å². The van der Waals surface area contributed by atoms with Crippen molar-refractivity contribution in [3.8, 4) is 0 Å². The van der Waals surface area contributed by atoms with Gasteiger partial charge in [0.05, 0.1) is 11.0 Å². The number of nitrogens with zero attached hydrogens (tertiary/aromatic N) is 2. The first-order chi connectivity index (χ1) is 19.4. The minimum Gasteiger partial charge on any atom is -0.480 e. The molecule has 0 aliphatic carbocycles. The average Bonchev–Trinajstić information content (AvgIpc) is 3.39. The fourth-order valence-corrected chi connectivity index (χ4v) is 5.53. The molecule has 1 amide bonds. The number of hydrogen-bond acceptors (Lipinski definition) is 5. The number of piperidine rings is 1. The van der Waals surface area contributed by atoms with Crippen LogP contribution >= 0.6 is 0 Å². The van der Waals surface area contributed by atoms with Crippen LogP contribution in [0.15, 0.2) is 66.7 Å². The highest BCUT2D eigenvalue weighted by Gasteiger charge is 2.24. The van der Waals surface area contributed by atoms with Crippen LogP contribution < -0.4 is 15.5 Å². The number of nitrogens with one attached hydrogen (secondary N) is 3. The lowest BCUT2D eigenvalue weighted by Gasteiger charge is -2.33. The summed E-state index contributed by atoms with van der Waals surface area (Å²) in [6.45, 7) is 6.69. The van der Waals surface area contributed by atoms with E-state index < -0.39 is 12.0 Å². The SMILES string of the molecule is CCc1cccc(C)c1C(=O)NC(Cc1ccc(N2CCC(CNc3nc4ccccc4[nH]3)CC2)cc1)C(=O)O. The molecule has 1 unspecified atom stereocenters. The topological polar surface area (TPSA) is 110 Å². The number of aryl methyl sites for hydroxylation is 2. The number of aromatic nitrogens is 2. The lowest BCUT2D eigenvalue weighted by atomic mass is 9.96. The van der Waals surface area contributed by atoms with E-state index in [4.69, 9.17) is 0 Å². The summed E-state index contributed by atoms with van der Waals surface area (Å²) in [4.78, 5) is 35.3. The van der Waals surface area contributed by atoms with E-state index in [0.717, 1.165) is 71.8 Å². The Balaban J connectivity index is 1.13. The number of carboxylic acid groups (broad SMARTS) is 1. The zero-order valence-electron chi connectivity index (χ0n) is 23.1. The van der Waals surface area contributed by atoms with E-state index in [0.29, 0.717) is 17.9 Å². The van der Waals surface area contributed by atoms with Crippen molar-refractivity contribution in [1.82, 2.24) is 15.3 Å². The number of carbonyl (C=O) groups is 2. The highest BCUT2D eigenvalue weighted by atomic mass is 16.4. The van der Waals surface area contributed by atoms with Crippen LogP contribution in [0.5, 0.6) is 0 Å². The maximum atomic E-state index is 13.0. The van der Waals surface area contributed by atoms with E-state index in [2.05, 4.69) is 37.6 Å². The molecule has 1 atom stereocenters. The molecule has 1 aromatic heterocycles. The molecule has 1 aliphatic heterocycles. The van der Waals surface area contributed by atoms with Gasteiger partial charge in [0.15, 0.2) is 0 Å². The van der Waals surface area contributed by atoms with E-state index in [9.17, 15) is 14.7 Å². The summed E-state index contributed by atoms with van der Waals surface area (Å²) in [5, 5.41) is 16.0. The molecular formula is C32H37N5O3. The summed E-state index contributed by atoms with van der Waals surface area (Å²) >= 11 is 0. The number of H-pyrrole nitrogens is 1. The monoisotopic (exact) mass is 539 g/mol. The Morgan fingerprint density at radius 3 is 2.50 bits per heavy atom. The number of aromatic amines is 1. The Hall–Kier alpha value is -4.33. The second-order valence-electron chi connectivity index (χ2n) is 10.6. The number of fused-ring (bicyclic) bond motifs is 1. The van der Waals surface area contributed by atoms with Gasteiger partial charge in [-0.1, -0.05) is 49.4 Å². The van der Waals surface area contributed by atoms with Gasteiger partial charge in [-0.25, -0.2) is 9.78 Å². The third-order valence-electron chi connectivity index (χ3n) is 7.87. The number of carboxylic acids is 1. The number of carbonyl (C=O) groups excluding carboxylic acids is 1. The van der Waals surface area contributed by atoms with Crippen molar-refractivity contribution in [3.63, 3.8) is 0 Å². The summed E-state index contributed by atoms with van der Waals surface area (Å²) < 4.78 is 0. The zero-order valence-corrected chi connectivity index (χ0v) is 23.1. The Morgan fingerprint density at radius 2 is 1.80 bits per heavy atom. The molecule has 208 valence electrons. The molecular weight excluding hydrogens is 502 g/mol. The van der Waals surface area contributed by atoms with Crippen molar-refractivity contribution in [2.24, 2.45) is 5.92 Å². The molecule has 5 rings (SSSR count). The molecule has 40 heavy (non-hydrogen) atoms. The van der Waals surface area contributed by atoms with Crippen LogP contribution in [0.25, 0.3) is 11.0 Å². The summed E-state index contributed by atoms with van der Waals surface area (Å²) in [6, 6.07) is 20.8. The van der Waals surface area contributed by atoms with Crippen LogP contribution in [0, 0.1) is 12.8 Å². The van der Waals surface area contributed by atoms with E-state index in [1.807, 2.05) is 68.4 Å². The molecule has 0 spiro atoms. The average molecular weight is 540 g/mol. The molecule has 1 saturated heterocycles. The second-order valence-corrected chi connectivity index (χ2v) is 10.6. The van der Waals surface area contributed by atoms with Gasteiger partial charge >= 0.3 is 5.97 Å². The largest absolute Gasteiger partial charge is 0.480 e. The molecule has 4 aromatic rings. The molecule has 0 radical (unpaired) electrons. The van der Waals surface area contributed by atoms with Crippen LogP contribution in [0.2, 0.25) is 0 Å². The molecule has 8 heteroatoms. The van der Waals surface area contributed by atoms with Crippen molar-refractivity contribution in [2.45, 2.75) is 45.6 Å². The van der Waals surface area contributed by atoms with E-state index >= 15 is 0 Å². The van der Waals surface area contributed by atoms with E-state index in [1.54, 1.807) is 0 Å². The first-order valence-corrected chi connectivity index (χ1v) is 14.1. The van der Waals surface area contributed by atoms with Gasteiger partial charge in [-0.3, -0.25) is 4.79 Å². The lowest BCUT2D eigenvalue weighted by molar-refractivity contribution is -0.139. The predicted octanol–water partition coefficient (Wildman–Crippen LogP) is 5.19. The van der Waals surface area contributed by atoms with Gasteiger partial charge in [0.1, 0.15) is 6.04 Å². The van der Waals surface area contributed by atoms with Crippen LogP contribution in [0.4, 0.5) is 11.6 Å². The van der Waals surface area contributed by atoms with Gasteiger partial charge in [-0.2, -0.15) is 0 Å². The van der Waals surface area contributed by atoms with Crippen molar-refractivity contribution in [1.29, 1.82) is 0 Å². The van der Waals surface area contributed by atoms with Gasteiger partial charge in [0.25, 0.3) is 5.91 Å². The van der Waals surface area contributed by atoms with Crippen LogP contribution in [0.3, 0.4) is 0 Å². The quantitative estimate of drug-likeness (QED) is 0.221. The first kappa shape index (κ1) is 27.2. The van der Waals surface area contributed by atoms with Gasteiger partial charge in [-0.05, 0) is 73.1 Å². The third-order valence-corrected chi connectivity index (χ3v) is 7.87. The van der Waals surface area contributed by atoms with E-state index in [-0.39, 0.29) is 12.3 Å². The van der Waals surface area contributed by atoms with Gasteiger partial charge in [0.2, 0.25) is 5.95 Å². The maximum absolute atomic E-state index is 13.0. The molecule has 2 heterocycles. The Kier molecular flexibility index (Phi) is 8.34. The minimum atomic E-state index is -1.04. The number of hydrogen-bond donors (Lipinski definition) is 4. The number of aliphatic carboxylic acids is 1. The summed E-state index contributed by atoms with van der Waals surface area (Å²) in [7, 11) is 0. The summed E-state index contributed by atoms with van der Waals surface area (Å²) in [5.41, 5.74) is 6.36. The van der Waals surface area contributed by atoms with Crippen LogP contribution in [-0.4, -0.2) is 52.6 Å². The normalized spacial score (nSPS) is 14.7. The third kappa shape index (κ3) is 6.28. The number of amides is 1. The maximum Gasteiger partial charge on any atom is 0.326 e. The lowest BCUT2D eigenvalue weighted by Crippen LogP contribution is -2.42. The number of benzene rings is 3. The fraction of sp³-hybridized carbons (Fsp3) is 0.344. The number of imidazole rings is 1. The van der Waals surface area contributed by atoms with Crippen LogP contribution in [-0.2, 0) is 17.6 Å². The molecule has 0 saturated carbocycles. The van der Waals surface area contributed by atoms with Gasteiger partial charge in [0, 0.05) is 37.3 Å². The smallest absolute Gasteiger partial charge is 0.326 e. The Bertz CT molecular complexity index is 1440. The zero-order chi connectivity index (χ0) is 28.1. The van der Waals surface area contributed by atoms with Crippen molar-refractivity contribution < 1.29 is 14.7 Å². The highest BCUT2D eigenvalue weighted by Crippen LogP contribution is 2.25. The fourth-order valence-electron chi connectivity index (χ4n) is 5.53. The number of para-hydroxylation sites is 2. The predicted molar refractivity (Wildman–Crippen MR) is 159 cm³/mol. The van der Waals surface area contributed by atoms with Crippen molar-refractivity contribution >= 4 is 34.5 Å². The molecule has 1 aliphatic rings. The Morgan fingerprint density at radius 1 is 1.05 bits per heavy atom. The Labute approximate surface area is 234 Å². The molecule has 0 bridgehead atoms. The first-order valence-electron chi connectivity index (χ1n) is 14.1. The molecule has 3 aromatic carbocycles. The highest BCUT2D eigenvalue weighted by molar-refractivity contribution is 5.99. The standard InChI is InChI=1S/C32H37N5O3/c1-3-24-8-6-7-21(2)29(24)30(38)34-28(31(39)40)19-22-11-13-25(14-12-22)37-17-15-23(16-18-37)20-33-32-35-26-9-4-5-10-27(26)36-32/h4-14,23,28H,3,15-20H2,1-2H3,(H,34,38)(H,39,40)(H2,33,35,36). The number of rotatable bonds is 10. The summed E-state index contributed by atoms with van der Waals surface area (Å²) in [6.07, 6.45) is 3.10. The molecule has 1 fully saturated rings. The minimum absolute atomic E-state index is 0.226. The van der Waals surface area contributed by atoms with Crippen LogP contribution in [0.1, 0.15) is 46.8 Å². The van der Waals surface area contributed by atoms with E-state index in [1.165, 1.54) is 0 Å². The second kappa shape index (κ2) is 12.2. The molecule has 8 nitrogen and oxygen atoms in total. The van der Waals surface area contributed by atoms with Crippen molar-refractivity contribution in [2.75, 3.05) is 29.9 Å². The number of anilines is 2.